The van der Waals surface area contributed by atoms with E-state index in [-0.39, 0.29) is 23.7 Å². The van der Waals surface area contributed by atoms with Gasteiger partial charge in [0.2, 0.25) is 5.91 Å². The van der Waals surface area contributed by atoms with Gasteiger partial charge in [0.15, 0.2) is 0 Å². The predicted molar refractivity (Wildman–Crippen MR) is 112 cm³/mol. The van der Waals surface area contributed by atoms with E-state index in [2.05, 4.69) is 5.32 Å². The SMILES string of the molecule is CC(C)C(NC(=O)c1ccc(-c2ccc(F)cc2)cc1)c1ccc(C(N)=O)cc1. The Hall–Kier alpha value is -3.47. The lowest BCUT2D eigenvalue weighted by Crippen LogP contribution is -2.31. The van der Waals surface area contributed by atoms with Crippen LogP contribution in [0.4, 0.5) is 4.39 Å². The van der Waals surface area contributed by atoms with Gasteiger partial charge < -0.3 is 11.1 Å². The normalized spacial score (nSPS) is 11.9. The van der Waals surface area contributed by atoms with Crippen molar-refractivity contribution < 1.29 is 14.0 Å². The number of primary amides is 1. The quantitative estimate of drug-likeness (QED) is 0.639. The van der Waals surface area contributed by atoms with Crippen LogP contribution in [0.2, 0.25) is 0 Å². The molecule has 0 saturated heterocycles. The van der Waals surface area contributed by atoms with E-state index in [1.54, 1.807) is 36.4 Å². The van der Waals surface area contributed by atoms with Crippen LogP contribution in [-0.2, 0) is 0 Å². The van der Waals surface area contributed by atoms with E-state index in [0.717, 1.165) is 16.7 Å². The van der Waals surface area contributed by atoms with Gasteiger partial charge in [0.05, 0.1) is 6.04 Å². The number of halogens is 1. The van der Waals surface area contributed by atoms with Crippen molar-refractivity contribution >= 4 is 11.8 Å². The van der Waals surface area contributed by atoms with Crippen LogP contribution in [0, 0.1) is 11.7 Å². The molecule has 0 radical (unpaired) electrons. The van der Waals surface area contributed by atoms with Crippen molar-refractivity contribution in [2.45, 2.75) is 19.9 Å². The topological polar surface area (TPSA) is 72.2 Å². The Morgan fingerprint density at radius 3 is 1.76 bits per heavy atom. The Morgan fingerprint density at radius 1 is 0.793 bits per heavy atom. The Labute approximate surface area is 169 Å². The van der Waals surface area contributed by atoms with Gasteiger partial charge in [-0.1, -0.05) is 50.2 Å². The molecular weight excluding hydrogens is 367 g/mol. The van der Waals surface area contributed by atoms with Gasteiger partial charge in [-0.2, -0.15) is 0 Å². The van der Waals surface area contributed by atoms with E-state index >= 15 is 0 Å². The van der Waals surface area contributed by atoms with Crippen molar-refractivity contribution in [3.63, 3.8) is 0 Å². The summed E-state index contributed by atoms with van der Waals surface area (Å²) in [7, 11) is 0. The van der Waals surface area contributed by atoms with Gasteiger partial charge in [0.25, 0.3) is 5.91 Å². The molecule has 2 amide bonds. The first-order valence-electron chi connectivity index (χ1n) is 9.42. The molecule has 1 unspecified atom stereocenters. The zero-order valence-corrected chi connectivity index (χ0v) is 16.4. The number of amides is 2. The molecule has 0 aliphatic heterocycles. The molecule has 0 aromatic heterocycles. The maximum atomic E-state index is 13.1. The van der Waals surface area contributed by atoms with Crippen molar-refractivity contribution in [2.24, 2.45) is 11.7 Å². The molecule has 0 bridgehead atoms. The summed E-state index contributed by atoms with van der Waals surface area (Å²) in [4.78, 5) is 24.0. The lowest BCUT2D eigenvalue weighted by atomic mass is 9.94. The maximum Gasteiger partial charge on any atom is 0.251 e. The minimum Gasteiger partial charge on any atom is -0.366 e. The third-order valence-corrected chi connectivity index (χ3v) is 4.83. The molecule has 3 aromatic rings. The lowest BCUT2D eigenvalue weighted by Gasteiger charge is -2.23. The summed E-state index contributed by atoms with van der Waals surface area (Å²) in [5, 5.41) is 3.06. The van der Waals surface area contributed by atoms with Crippen molar-refractivity contribution in [2.75, 3.05) is 0 Å². The van der Waals surface area contributed by atoms with Gasteiger partial charge in [-0.25, -0.2) is 4.39 Å². The molecule has 3 N–H and O–H groups in total. The van der Waals surface area contributed by atoms with E-state index < -0.39 is 5.91 Å². The first kappa shape index (κ1) is 20.3. The summed E-state index contributed by atoms with van der Waals surface area (Å²) >= 11 is 0. The Balaban J connectivity index is 1.76. The van der Waals surface area contributed by atoms with E-state index in [9.17, 15) is 14.0 Å². The van der Waals surface area contributed by atoms with Crippen LogP contribution in [0.3, 0.4) is 0 Å². The summed E-state index contributed by atoms with van der Waals surface area (Å²) in [5.41, 5.74) is 8.95. The lowest BCUT2D eigenvalue weighted by molar-refractivity contribution is 0.0924. The fourth-order valence-corrected chi connectivity index (χ4v) is 3.17. The highest BCUT2D eigenvalue weighted by Crippen LogP contribution is 2.24. The third kappa shape index (κ3) is 4.88. The summed E-state index contributed by atoms with van der Waals surface area (Å²) in [6.07, 6.45) is 0. The number of hydrogen-bond donors (Lipinski definition) is 2. The molecule has 0 heterocycles. The average molecular weight is 390 g/mol. The molecule has 3 rings (SSSR count). The van der Waals surface area contributed by atoms with Gasteiger partial charge >= 0.3 is 0 Å². The molecule has 148 valence electrons. The Morgan fingerprint density at radius 2 is 1.28 bits per heavy atom. The second-order valence-electron chi connectivity index (χ2n) is 7.27. The van der Waals surface area contributed by atoms with Crippen LogP contribution >= 0.6 is 0 Å². The smallest absolute Gasteiger partial charge is 0.251 e. The number of hydrogen-bond acceptors (Lipinski definition) is 2. The third-order valence-electron chi connectivity index (χ3n) is 4.83. The highest BCUT2D eigenvalue weighted by molar-refractivity contribution is 5.95. The van der Waals surface area contributed by atoms with Gasteiger partial charge in [-0.15, -0.1) is 0 Å². The van der Waals surface area contributed by atoms with Crippen molar-refractivity contribution in [3.05, 3.63) is 95.3 Å². The minimum absolute atomic E-state index is 0.150. The van der Waals surface area contributed by atoms with Gasteiger partial charge in [0.1, 0.15) is 5.82 Å². The summed E-state index contributed by atoms with van der Waals surface area (Å²) in [6.45, 7) is 4.04. The van der Waals surface area contributed by atoms with E-state index in [0.29, 0.717) is 11.1 Å². The average Bonchev–Trinajstić information content (AvgIpc) is 2.72. The van der Waals surface area contributed by atoms with E-state index in [1.807, 2.05) is 38.1 Å². The van der Waals surface area contributed by atoms with Crippen LogP contribution in [0.15, 0.2) is 72.8 Å². The number of nitrogens with two attached hydrogens (primary N) is 1. The first-order valence-corrected chi connectivity index (χ1v) is 9.42. The molecular formula is C24H23FN2O2. The monoisotopic (exact) mass is 390 g/mol. The second kappa shape index (κ2) is 8.69. The Bertz CT molecular complexity index is 995. The summed E-state index contributed by atoms with van der Waals surface area (Å²) in [5.74, 6) is -0.804. The first-order chi connectivity index (χ1) is 13.8. The molecule has 3 aromatic carbocycles. The number of carbonyl (C=O) groups excluding carboxylic acids is 2. The number of nitrogens with one attached hydrogen (secondary N) is 1. The van der Waals surface area contributed by atoms with Gasteiger partial charge in [-0.05, 0) is 59.0 Å². The molecule has 0 aliphatic carbocycles. The van der Waals surface area contributed by atoms with Crippen LogP contribution in [0.1, 0.15) is 46.2 Å². The zero-order valence-electron chi connectivity index (χ0n) is 16.4. The number of rotatable bonds is 6. The molecule has 1 atom stereocenters. The predicted octanol–water partition coefficient (Wildman–Crippen LogP) is 4.72. The molecule has 0 aliphatic rings. The summed E-state index contributed by atoms with van der Waals surface area (Å²) < 4.78 is 13.1. The number of carbonyl (C=O) groups is 2. The van der Waals surface area contributed by atoms with Crippen LogP contribution < -0.4 is 11.1 Å². The molecule has 0 fully saturated rings. The Kier molecular flexibility index (Phi) is 6.07. The highest BCUT2D eigenvalue weighted by atomic mass is 19.1. The van der Waals surface area contributed by atoms with Crippen LogP contribution in [0.5, 0.6) is 0 Å². The molecule has 5 heteroatoms. The van der Waals surface area contributed by atoms with Crippen LogP contribution in [0.25, 0.3) is 11.1 Å². The maximum absolute atomic E-state index is 13.1. The highest BCUT2D eigenvalue weighted by Gasteiger charge is 2.19. The summed E-state index contributed by atoms with van der Waals surface area (Å²) in [6, 6.07) is 20.1. The van der Waals surface area contributed by atoms with Crippen molar-refractivity contribution in [3.8, 4) is 11.1 Å². The number of benzene rings is 3. The molecule has 4 nitrogen and oxygen atoms in total. The van der Waals surface area contributed by atoms with E-state index in [1.165, 1.54) is 12.1 Å². The standard InChI is InChI=1S/C24H23FN2O2/c1-15(2)22(18-5-7-19(8-6-18)23(26)28)27-24(29)20-9-3-16(4-10-20)17-11-13-21(25)14-12-17/h3-15,22H,1-2H3,(H2,26,28)(H,27,29). The zero-order chi connectivity index (χ0) is 21.0. The fourth-order valence-electron chi connectivity index (χ4n) is 3.17. The van der Waals surface area contributed by atoms with Gasteiger partial charge in [0, 0.05) is 11.1 Å². The molecule has 0 saturated carbocycles. The fraction of sp³-hybridized carbons (Fsp3) is 0.167. The second-order valence-corrected chi connectivity index (χ2v) is 7.27. The molecule has 0 spiro atoms. The minimum atomic E-state index is -0.483. The van der Waals surface area contributed by atoms with Crippen molar-refractivity contribution in [1.82, 2.24) is 5.32 Å². The molecule has 29 heavy (non-hydrogen) atoms. The van der Waals surface area contributed by atoms with Crippen LogP contribution in [-0.4, -0.2) is 11.8 Å². The van der Waals surface area contributed by atoms with Gasteiger partial charge in [-0.3, -0.25) is 9.59 Å². The van der Waals surface area contributed by atoms with Crippen molar-refractivity contribution in [1.29, 1.82) is 0 Å². The largest absolute Gasteiger partial charge is 0.366 e. The van der Waals surface area contributed by atoms with E-state index in [4.69, 9.17) is 5.73 Å².